The summed E-state index contributed by atoms with van der Waals surface area (Å²) in [5.41, 5.74) is 0. The quantitative estimate of drug-likeness (QED) is 0.632. The lowest BCUT2D eigenvalue weighted by Crippen LogP contribution is -2.45. The van der Waals surface area contributed by atoms with E-state index in [0.29, 0.717) is 6.61 Å². The summed E-state index contributed by atoms with van der Waals surface area (Å²) in [5.74, 6) is 0. The van der Waals surface area contributed by atoms with Crippen molar-refractivity contribution in [3.63, 3.8) is 0 Å². The minimum absolute atomic E-state index is 0.0891. The predicted octanol–water partition coefficient (Wildman–Crippen LogP) is -0.699. The first-order chi connectivity index (χ1) is 5.52. The molecule has 72 valence electrons. The monoisotopic (exact) mass is 194 g/mol. The summed E-state index contributed by atoms with van der Waals surface area (Å²) in [4.78, 5) is 0. The van der Waals surface area contributed by atoms with E-state index in [0.717, 1.165) is 19.4 Å². The first-order valence-corrected chi connectivity index (χ1v) is 5.35. The highest BCUT2D eigenvalue weighted by atomic mass is 32.2. The fourth-order valence-corrected chi connectivity index (χ4v) is 1.80. The van der Waals surface area contributed by atoms with Gasteiger partial charge in [0.2, 0.25) is 0 Å². The third-order valence-corrected chi connectivity index (χ3v) is 3.15. The smallest absolute Gasteiger partial charge is 0.276 e. The Morgan fingerprint density at radius 1 is 1.58 bits per heavy atom. The van der Waals surface area contributed by atoms with Crippen LogP contribution in [0, 0.1) is 0 Å². The molecule has 2 N–H and O–H groups in total. The molecule has 0 aromatic heterocycles. The highest BCUT2D eigenvalue weighted by Gasteiger charge is 2.24. The molecule has 1 atom stereocenters. The van der Waals surface area contributed by atoms with Crippen molar-refractivity contribution in [3.8, 4) is 0 Å². The number of hydrogen-bond donors (Lipinski definition) is 1. The summed E-state index contributed by atoms with van der Waals surface area (Å²) in [6.07, 6.45) is 1.72. The number of nitrogens with two attached hydrogens (primary N) is 1. The molecular weight excluding hydrogens is 180 g/mol. The number of ether oxygens (including phenoxy) is 1. The van der Waals surface area contributed by atoms with Crippen molar-refractivity contribution in [1.82, 2.24) is 4.31 Å². The first-order valence-electron chi connectivity index (χ1n) is 3.85. The number of rotatable bonds is 2. The fourth-order valence-electron chi connectivity index (χ4n) is 1.22. The number of hydrogen-bond acceptors (Lipinski definition) is 3. The molecule has 0 radical (unpaired) electrons. The Morgan fingerprint density at radius 2 is 2.25 bits per heavy atom. The molecule has 0 aromatic carbocycles. The van der Waals surface area contributed by atoms with Gasteiger partial charge in [0.25, 0.3) is 10.2 Å². The van der Waals surface area contributed by atoms with E-state index in [2.05, 4.69) is 0 Å². The predicted molar refractivity (Wildman–Crippen MR) is 44.7 cm³/mol. The van der Waals surface area contributed by atoms with Crippen LogP contribution in [-0.2, 0) is 14.9 Å². The van der Waals surface area contributed by atoms with Gasteiger partial charge in [-0.2, -0.15) is 12.7 Å². The van der Waals surface area contributed by atoms with E-state index in [-0.39, 0.29) is 6.04 Å². The molecular formula is C6H14N2O3S. The molecule has 0 aliphatic carbocycles. The Morgan fingerprint density at radius 3 is 2.67 bits per heavy atom. The molecule has 12 heavy (non-hydrogen) atoms. The zero-order valence-electron chi connectivity index (χ0n) is 7.06. The van der Waals surface area contributed by atoms with Gasteiger partial charge in [0, 0.05) is 19.7 Å². The van der Waals surface area contributed by atoms with Crippen LogP contribution in [0.1, 0.15) is 12.8 Å². The molecule has 1 heterocycles. The normalized spacial score (nSPS) is 26.1. The molecule has 0 amide bonds. The zero-order valence-corrected chi connectivity index (χ0v) is 7.88. The molecule has 1 saturated heterocycles. The Bertz CT molecular complexity index is 233. The van der Waals surface area contributed by atoms with Gasteiger partial charge in [-0.1, -0.05) is 0 Å². The van der Waals surface area contributed by atoms with Crippen molar-refractivity contribution < 1.29 is 13.2 Å². The summed E-state index contributed by atoms with van der Waals surface area (Å²) in [6.45, 7) is 1.17. The maximum Gasteiger partial charge on any atom is 0.276 e. The topological polar surface area (TPSA) is 72.6 Å². The van der Waals surface area contributed by atoms with Crippen molar-refractivity contribution >= 4 is 10.2 Å². The molecule has 1 fully saturated rings. The highest BCUT2D eigenvalue weighted by molar-refractivity contribution is 7.86. The maximum atomic E-state index is 10.9. The molecule has 1 aliphatic rings. The van der Waals surface area contributed by atoms with Gasteiger partial charge >= 0.3 is 0 Å². The van der Waals surface area contributed by atoms with Crippen LogP contribution in [0.3, 0.4) is 0 Å². The van der Waals surface area contributed by atoms with Gasteiger partial charge in [0.15, 0.2) is 0 Å². The Labute approximate surface area is 72.7 Å². The third-order valence-electron chi connectivity index (χ3n) is 2.05. The second kappa shape index (κ2) is 3.69. The van der Waals surface area contributed by atoms with Crippen LogP contribution in [0.4, 0.5) is 0 Å². The van der Waals surface area contributed by atoms with Gasteiger partial charge < -0.3 is 4.74 Å². The van der Waals surface area contributed by atoms with E-state index >= 15 is 0 Å². The van der Waals surface area contributed by atoms with Gasteiger partial charge in [-0.25, -0.2) is 5.14 Å². The molecule has 1 unspecified atom stereocenters. The first kappa shape index (κ1) is 9.91. The van der Waals surface area contributed by atoms with E-state index < -0.39 is 10.2 Å². The summed E-state index contributed by atoms with van der Waals surface area (Å²) >= 11 is 0. The average molecular weight is 194 g/mol. The van der Waals surface area contributed by atoms with Crippen LogP contribution < -0.4 is 5.14 Å². The Hall–Kier alpha value is -0.170. The molecule has 6 heteroatoms. The van der Waals surface area contributed by atoms with Crippen molar-refractivity contribution in [1.29, 1.82) is 0 Å². The molecule has 1 aliphatic heterocycles. The second-order valence-corrected chi connectivity index (χ2v) is 4.54. The zero-order chi connectivity index (χ0) is 9.19. The lowest BCUT2D eigenvalue weighted by molar-refractivity contribution is 0.0513. The van der Waals surface area contributed by atoms with Gasteiger partial charge in [-0.3, -0.25) is 0 Å². The van der Waals surface area contributed by atoms with E-state index in [1.807, 2.05) is 0 Å². The van der Waals surface area contributed by atoms with Gasteiger partial charge in [0.05, 0.1) is 6.61 Å². The molecule has 0 saturated carbocycles. The number of likely N-dealkylation sites (N-methyl/N-ethyl adjacent to an activating group) is 1. The van der Waals surface area contributed by atoms with Crippen LogP contribution in [0.25, 0.3) is 0 Å². The van der Waals surface area contributed by atoms with Crippen LogP contribution in [-0.4, -0.2) is 39.0 Å². The fraction of sp³-hybridized carbons (Fsp3) is 1.00. The van der Waals surface area contributed by atoms with Crippen molar-refractivity contribution in [3.05, 3.63) is 0 Å². The summed E-state index contributed by atoms with van der Waals surface area (Å²) < 4.78 is 28.1. The molecule has 1 rings (SSSR count). The van der Waals surface area contributed by atoms with Gasteiger partial charge in [-0.05, 0) is 12.8 Å². The van der Waals surface area contributed by atoms with E-state index in [9.17, 15) is 8.42 Å². The third kappa shape index (κ3) is 2.41. The Kier molecular flexibility index (Phi) is 3.05. The molecule has 0 bridgehead atoms. The lowest BCUT2D eigenvalue weighted by Gasteiger charge is -2.28. The second-order valence-electron chi connectivity index (χ2n) is 2.93. The Balaban J connectivity index is 2.57. The van der Waals surface area contributed by atoms with Crippen LogP contribution in [0.15, 0.2) is 0 Å². The van der Waals surface area contributed by atoms with Crippen LogP contribution >= 0.6 is 0 Å². The van der Waals surface area contributed by atoms with E-state index in [4.69, 9.17) is 9.88 Å². The lowest BCUT2D eigenvalue weighted by atomic mass is 10.1. The molecule has 0 spiro atoms. The summed E-state index contributed by atoms with van der Waals surface area (Å²) in [7, 11) is -2.07. The SMILES string of the molecule is CN(C1CCCOC1)S(N)(=O)=O. The minimum Gasteiger partial charge on any atom is -0.380 e. The number of nitrogens with zero attached hydrogens (tertiary/aromatic N) is 1. The summed E-state index contributed by atoms with van der Waals surface area (Å²) in [6, 6.07) is -0.0891. The summed E-state index contributed by atoms with van der Waals surface area (Å²) in [5, 5.41) is 4.95. The van der Waals surface area contributed by atoms with Gasteiger partial charge in [-0.15, -0.1) is 0 Å². The highest BCUT2D eigenvalue weighted by Crippen LogP contribution is 2.12. The van der Waals surface area contributed by atoms with Crippen molar-refractivity contribution in [2.24, 2.45) is 5.14 Å². The standard InChI is InChI=1S/C6H14N2O3S/c1-8(12(7,9)10)6-3-2-4-11-5-6/h6H,2-5H2,1H3,(H2,7,9,10). The van der Waals surface area contributed by atoms with E-state index in [1.165, 1.54) is 11.4 Å². The van der Waals surface area contributed by atoms with Crippen LogP contribution in [0.5, 0.6) is 0 Å². The molecule has 0 aromatic rings. The largest absolute Gasteiger partial charge is 0.380 e. The van der Waals surface area contributed by atoms with Crippen LogP contribution in [0.2, 0.25) is 0 Å². The maximum absolute atomic E-state index is 10.9. The average Bonchev–Trinajstić information content (AvgIpc) is 2.03. The van der Waals surface area contributed by atoms with Crippen molar-refractivity contribution in [2.45, 2.75) is 18.9 Å². The van der Waals surface area contributed by atoms with Crippen molar-refractivity contribution in [2.75, 3.05) is 20.3 Å². The molecule has 5 nitrogen and oxygen atoms in total. The van der Waals surface area contributed by atoms with Gasteiger partial charge in [0.1, 0.15) is 0 Å². The minimum atomic E-state index is -3.55. The van der Waals surface area contributed by atoms with E-state index in [1.54, 1.807) is 0 Å².